The fourth-order valence-corrected chi connectivity index (χ4v) is 6.58. The van der Waals surface area contributed by atoms with E-state index in [-0.39, 0.29) is 0 Å². The number of aryl methyl sites for hydroxylation is 2. The molecule has 168 valence electrons. The third-order valence-corrected chi connectivity index (χ3v) is 8.22. The predicted octanol–water partition coefficient (Wildman–Crippen LogP) is 4.69. The van der Waals surface area contributed by atoms with Crippen LogP contribution in [0.1, 0.15) is 56.4 Å². The van der Waals surface area contributed by atoms with Crippen LogP contribution in [0.5, 0.6) is 0 Å². The van der Waals surface area contributed by atoms with Gasteiger partial charge in [-0.1, -0.05) is 20.8 Å². The van der Waals surface area contributed by atoms with Gasteiger partial charge in [-0.25, -0.2) is 0 Å². The molecule has 4 nitrogen and oxygen atoms in total. The van der Waals surface area contributed by atoms with Crippen molar-refractivity contribution in [2.75, 3.05) is 51.2 Å². The Morgan fingerprint density at radius 1 is 1.00 bits per heavy atom. The number of pyridine rings is 1. The molecule has 1 aliphatic carbocycles. The molecule has 1 unspecified atom stereocenters. The smallest absolute Gasteiger partial charge is 0.0941 e. The second-order valence-electron chi connectivity index (χ2n) is 10.8. The Balaban J connectivity index is 1.37. The second kappa shape index (κ2) is 8.37. The molecule has 2 saturated heterocycles. The zero-order valence-corrected chi connectivity index (χ0v) is 20.2. The van der Waals surface area contributed by atoms with Crippen LogP contribution in [0.2, 0.25) is 0 Å². The molecule has 3 atom stereocenters. The summed E-state index contributed by atoms with van der Waals surface area (Å²) in [6.07, 6.45) is 3.91. The number of rotatable bonds is 4. The summed E-state index contributed by atoms with van der Waals surface area (Å²) >= 11 is 0. The highest BCUT2D eigenvalue weighted by molar-refractivity contribution is 5.94. The summed E-state index contributed by atoms with van der Waals surface area (Å²) in [7, 11) is 2.29. The van der Waals surface area contributed by atoms with Gasteiger partial charge in [0.05, 0.1) is 11.2 Å². The van der Waals surface area contributed by atoms with Crippen molar-refractivity contribution in [3.63, 3.8) is 0 Å². The molecule has 2 aromatic rings. The maximum Gasteiger partial charge on any atom is 0.0941 e. The van der Waals surface area contributed by atoms with Crippen molar-refractivity contribution >= 4 is 16.6 Å². The SMILES string of the molecule is CCc1cc(N2CCN(C3C[C@@H]4CN(C)C[C@@H]4C3)CC2)c2nc(C)cc(C(C)C)c2c1. The first-order valence-electron chi connectivity index (χ1n) is 12.5. The lowest BCUT2D eigenvalue weighted by Gasteiger charge is -2.40. The van der Waals surface area contributed by atoms with Crippen LogP contribution in [-0.4, -0.2) is 67.1 Å². The quantitative estimate of drug-likeness (QED) is 0.715. The van der Waals surface area contributed by atoms with E-state index in [1.54, 1.807) is 0 Å². The van der Waals surface area contributed by atoms with Crippen molar-refractivity contribution < 1.29 is 0 Å². The molecule has 1 saturated carbocycles. The molecule has 0 N–H and O–H groups in total. The highest BCUT2D eigenvalue weighted by Crippen LogP contribution is 2.40. The lowest BCUT2D eigenvalue weighted by atomic mass is 9.95. The molecule has 3 fully saturated rings. The van der Waals surface area contributed by atoms with E-state index in [2.05, 4.69) is 67.6 Å². The summed E-state index contributed by atoms with van der Waals surface area (Å²) in [5.41, 5.74) is 6.60. The van der Waals surface area contributed by atoms with Gasteiger partial charge in [0.25, 0.3) is 0 Å². The Morgan fingerprint density at radius 3 is 2.29 bits per heavy atom. The van der Waals surface area contributed by atoms with E-state index in [1.807, 2.05) is 0 Å². The number of nitrogens with zero attached hydrogens (tertiary/aromatic N) is 4. The van der Waals surface area contributed by atoms with Crippen molar-refractivity contribution in [3.05, 3.63) is 35.0 Å². The summed E-state index contributed by atoms with van der Waals surface area (Å²) in [6, 6.07) is 7.93. The normalized spacial score (nSPS) is 27.5. The van der Waals surface area contributed by atoms with Gasteiger partial charge in [-0.3, -0.25) is 9.88 Å². The van der Waals surface area contributed by atoms with E-state index in [1.165, 1.54) is 66.7 Å². The van der Waals surface area contributed by atoms with E-state index in [0.717, 1.165) is 43.1 Å². The molecule has 0 amide bonds. The minimum absolute atomic E-state index is 0.516. The van der Waals surface area contributed by atoms with Crippen LogP contribution in [0.25, 0.3) is 10.9 Å². The summed E-state index contributed by atoms with van der Waals surface area (Å²) in [5.74, 6) is 2.40. The minimum Gasteiger partial charge on any atom is -0.367 e. The molecule has 0 bridgehead atoms. The molecular formula is C27H40N4. The summed E-state index contributed by atoms with van der Waals surface area (Å²) in [4.78, 5) is 13.0. The highest BCUT2D eigenvalue weighted by atomic mass is 15.3. The zero-order valence-electron chi connectivity index (χ0n) is 20.2. The van der Waals surface area contributed by atoms with Crippen LogP contribution in [-0.2, 0) is 6.42 Å². The van der Waals surface area contributed by atoms with E-state index >= 15 is 0 Å². The first-order valence-corrected chi connectivity index (χ1v) is 12.5. The third kappa shape index (κ3) is 3.98. The Kier molecular flexibility index (Phi) is 5.72. The number of anilines is 1. The van der Waals surface area contributed by atoms with Crippen molar-refractivity contribution in [3.8, 4) is 0 Å². The number of aromatic nitrogens is 1. The number of likely N-dealkylation sites (tertiary alicyclic amines) is 1. The Labute approximate surface area is 188 Å². The fraction of sp³-hybridized carbons (Fsp3) is 0.667. The van der Waals surface area contributed by atoms with Crippen molar-refractivity contribution in [1.82, 2.24) is 14.8 Å². The molecule has 0 radical (unpaired) electrons. The van der Waals surface area contributed by atoms with Gasteiger partial charge in [-0.15, -0.1) is 0 Å². The molecule has 31 heavy (non-hydrogen) atoms. The minimum atomic E-state index is 0.516. The molecular weight excluding hydrogens is 380 g/mol. The number of hydrogen-bond acceptors (Lipinski definition) is 4. The summed E-state index contributed by atoms with van der Waals surface area (Å²) in [5, 5.41) is 1.37. The van der Waals surface area contributed by atoms with E-state index in [9.17, 15) is 0 Å². The first-order chi connectivity index (χ1) is 14.9. The maximum atomic E-state index is 5.05. The van der Waals surface area contributed by atoms with Crippen LogP contribution in [0, 0.1) is 18.8 Å². The number of benzene rings is 1. The standard InChI is InChI=1S/C27H40N4/c1-6-20-12-25-24(18(2)3)11-19(4)28-27(25)26(13-20)31-9-7-30(8-10-31)23-14-21-16-29(5)17-22(21)15-23/h11-13,18,21-23H,6-10,14-17H2,1-5H3/t21-,22+,23?. The first kappa shape index (κ1) is 21.2. The van der Waals surface area contributed by atoms with Gasteiger partial charge < -0.3 is 9.80 Å². The molecule has 0 spiro atoms. The van der Waals surface area contributed by atoms with Crippen molar-refractivity contribution in [2.24, 2.45) is 11.8 Å². The van der Waals surface area contributed by atoms with Gasteiger partial charge in [-0.05, 0) is 80.3 Å². The lowest BCUT2D eigenvalue weighted by Crippen LogP contribution is -2.50. The van der Waals surface area contributed by atoms with E-state index in [0.29, 0.717) is 5.92 Å². The molecule has 3 heterocycles. The van der Waals surface area contributed by atoms with Crippen LogP contribution >= 0.6 is 0 Å². The van der Waals surface area contributed by atoms with Gasteiger partial charge in [0.2, 0.25) is 0 Å². The van der Waals surface area contributed by atoms with Crippen molar-refractivity contribution in [1.29, 1.82) is 0 Å². The van der Waals surface area contributed by atoms with Gasteiger partial charge >= 0.3 is 0 Å². The number of piperazine rings is 1. The van der Waals surface area contributed by atoms with E-state index in [4.69, 9.17) is 4.98 Å². The Bertz CT molecular complexity index is 930. The average molecular weight is 421 g/mol. The number of fused-ring (bicyclic) bond motifs is 2. The fourth-order valence-electron chi connectivity index (χ4n) is 6.58. The predicted molar refractivity (Wildman–Crippen MR) is 131 cm³/mol. The molecule has 2 aliphatic heterocycles. The molecule has 4 heteroatoms. The van der Waals surface area contributed by atoms with Gasteiger partial charge in [-0.2, -0.15) is 0 Å². The highest BCUT2D eigenvalue weighted by Gasteiger charge is 2.42. The molecule has 1 aromatic carbocycles. The topological polar surface area (TPSA) is 22.6 Å². The van der Waals surface area contributed by atoms with E-state index < -0.39 is 0 Å². The van der Waals surface area contributed by atoms with Crippen LogP contribution < -0.4 is 4.90 Å². The average Bonchev–Trinajstić information content (AvgIpc) is 3.30. The Hall–Kier alpha value is -1.65. The maximum absolute atomic E-state index is 5.05. The van der Waals surface area contributed by atoms with Gasteiger partial charge in [0.1, 0.15) is 0 Å². The molecule has 3 aliphatic rings. The zero-order chi connectivity index (χ0) is 21.7. The summed E-state index contributed by atoms with van der Waals surface area (Å²) in [6.45, 7) is 16.3. The Morgan fingerprint density at radius 2 is 1.68 bits per heavy atom. The second-order valence-corrected chi connectivity index (χ2v) is 10.8. The third-order valence-electron chi connectivity index (χ3n) is 8.22. The van der Waals surface area contributed by atoms with Crippen LogP contribution in [0.15, 0.2) is 18.2 Å². The van der Waals surface area contributed by atoms with Crippen LogP contribution in [0.3, 0.4) is 0 Å². The molecule has 1 aromatic heterocycles. The number of hydrogen-bond donors (Lipinski definition) is 0. The largest absolute Gasteiger partial charge is 0.367 e. The van der Waals surface area contributed by atoms with Gasteiger partial charge in [0, 0.05) is 56.4 Å². The van der Waals surface area contributed by atoms with Crippen molar-refractivity contribution in [2.45, 2.75) is 58.9 Å². The van der Waals surface area contributed by atoms with Crippen LogP contribution in [0.4, 0.5) is 5.69 Å². The monoisotopic (exact) mass is 420 g/mol. The van der Waals surface area contributed by atoms with Gasteiger partial charge in [0.15, 0.2) is 0 Å². The summed E-state index contributed by atoms with van der Waals surface area (Å²) < 4.78 is 0. The lowest BCUT2D eigenvalue weighted by molar-refractivity contribution is 0.174. The molecule has 5 rings (SSSR count).